The third kappa shape index (κ3) is 11.8. The lowest BCUT2D eigenvalue weighted by Crippen LogP contribution is -2.28. The van der Waals surface area contributed by atoms with E-state index in [-0.39, 0.29) is 0 Å². The molecule has 0 saturated carbocycles. The molecule has 0 bridgehead atoms. The van der Waals surface area contributed by atoms with Crippen molar-refractivity contribution in [2.45, 2.75) is 47.5 Å². The lowest BCUT2D eigenvalue weighted by molar-refractivity contribution is 0.295. The van der Waals surface area contributed by atoms with Gasteiger partial charge in [0.25, 0.3) is 0 Å². The van der Waals surface area contributed by atoms with E-state index in [1.807, 2.05) is 0 Å². The molecule has 0 spiro atoms. The van der Waals surface area contributed by atoms with Gasteiger partial charge in [-0.3, -0.25) is 0 Å². The zero-order valence-corrected chi connectivity index (χ0v) is 11.3. The van der Waals surface area contributed by atoms with Gasteiger partial charge in [0.2, 0.25) is 0 Å². The minimum Gasteiger partial charge on any atom is -0.316 e. The SMILES string of the molecule is CCNCCNCCC(C)CC(C)(C)C. The molecule has 2 nitrogen and oxygen atoms in total. The molecule has 0 amide bonds. The summed E-state index contributed by atoms with van der Waals surface area (Å²) in [5.74, 6) is 0.830. The van der Waals surface area contributed by atoms with Gasteiger partial charge in [-0.2, -0.15) is 0 Å². The van der Waals surface area contributed by atoms with E-state index in [4.69, 9.17) is 0 Å². The molecule has 1 atom stereocenters. The highest BCUT2D eigenvalue weighted by atomic mass is 14.9. The summed E-state index contributed by atoms with van der Waals surface area (Å²) in [5.41, 5.74) is 0.475. The minimum absolute atomic E-state index is 0.475. The van der Waals surface area contributed by atoms with Gasteiger partial charge in [0.1, 0.15) is 0 Å². The van der Waals surface area contributed by atoms with Gasteiger partial charge < -0.3 is 10.6 Å². The van der Waals surface area contributed by atoms with Gasteiger partial charge in [-0.25, -0.2) is 0 Å². The van der Waals surface area contributed by atoms with Gasteiger partial charge in [-0.1, -0.05) is 34.6 Å². The molecule has 0 rings (SSSR count). The molecule has 2 heteroatoms. The summed E-state index contributed by atoms with van der Waals surface area (Å²) in [6, 6.07) is 0. The van der Waals surface area contributed by atoms with Crippen LogP contribution in [-0.4, -0.2) is 26.2 Å². The van der Waals surface area contributed by atoms with Gasteiger partial charge in [-0.05, 0) is 37.3 Å². The molecule has 0 aliphatic carbocycles. The summed E-state index contributed by atoms with van der Waals surface area (Å²) in [7, 11) is 0. The summed E-state index contributed by atoms with van der Waals surface area (Å²) in [6.45, 7) is 15.9. The highest BCUT2D eigenvalue weighted by molar-refractivity contribution is 4.67. The van der Waals surface area contributed by atoms with E-state index in [2.05, 4.69) is 45.3 Å². The Labute approximate surface area is 96.2 Å². The van der Waals surface area contributed by atoms with Crippen LogP contribution in [0.2, 0.25) is 0 Å². The predicted octanol–water partition coefficient (Wildman–Crippen LogP) is 2.65. The van der Waals surface area contributed by atoms with E-state index >= 15 is 0 Å². The van der Waals surface area contributed by atoms with Gasteiger partial charge in [0.15, 0.2) is 0 Å². The van der Waals surface area contributed by atoms with Crippen LogP contribution in [0.15, 0.2) is 0 Å². The summed E-state index contributed by atoms with van der Waals surface area (Å²) in [5, 5.41) is 6.79. The van der Waals surface area contributed by atoms with Crippen molar-refractivity contribution in [3.8, 4) is 0 Å². The largest absolute Gasteiger partial charge is 0.316 e. The average molecular weight is 214 g/mol. The van der Waals surface area contributed by atoms with Crippen LogP contribution in [0.25, 0.3) is 0 Å². The fourth-order valence-corrected chi connectivity index (χ4v) is 1.97. The molecule has 0 fully saturated rings. The van der Waals surface area contributed by atoms with Crippen molar-refractivity contribution >= 4 is 0 Å². The Morgan fingerprint density at radius 1 is 1.00 bits per heavy atom. The van der Waals surface area contributed by atoms with E-state index in [9.17, 15) is 0 Å². The molecule has 0 heterocycles. The maximum Gasteiger partial charge on any atom is 0.00767 e. The van der Waals surface area contributed by atoms with Gasteiger partial charge >= 0.3 is 0 Å². The molecular weight excluding hydrogens is 184 g/mol. The van der Waals surface area contributed by atoms with Crippen LogP contribution in [0.1, 0.15) is 47.5 Å². The van der Waals surface area contributed by atoms with Crippen LogP contribution in [0, 0.1) is 11.3 Å². The molecule has 2 N–H and O–H groups in total. The van der Waals surface area contributed by atoms with Crippen molar-refractivity contribution in [2.75, 3.05) is 26.2 Å². The Hall–Kier alpha value is -0.0800. The fourth-order valence-electron chi connectivity index (χ4n) is 1.97. The molecule has 0 aromatic heterocycles. The molecule has 0 radical (unpaired) electrons. The molecule has 15 heavy (non-hydrogen) atoms. The highest BCUT2D eigenvalue weighted by Gasteiger charge is 2.14. The van der Waals surface area contributed by atoms with Crippen molar-refractivity contribution in [1.82, 2.24) is 10.6 Å². The second-order valence-corrected chi connectivity index (χ2v) is 5.76. The van der Waals surface area contributed by atoms with Crippen molar-refractivity contribution in [3.05, 3.63) is 0 Å². The molecule has 0 saturated heterocycles. The first-order valence-corrected chi connectivity index (χ1v) is 6.37. The van der Waals surface area contributed by atoms with E-state index in [1.165, 1.54) is 12.8 Å². The Kier molecular flexibility index (Phi) is 8.07. The van der Waals surface area contributed by atoms with Crippen LogP contribution < -0.4 is 10.6 Å². The van der Waals surface area contributed by atoms with E-state index in [0.717, 1.165) is 32.1 Å². The Morgan fingerprint density at radius 3 is 2.13 bits per heavy atom. The maximum atomic E-state index is 3.47. The smallest absolute Gasteiger partial charge is 0.00767 e. The van der Waals surface area contributed by atoms with Crippen LogP contribution in [0.4, 0.5) is 0 Å². The minimum atomic E-state index is 0.475. The molecule has 92 valence electrons. The third-order valence-corrected chi connectivity index (χ3v) is 2.50. The standard InChI is InChI=1S/C13H30N2/c1-6-14-9-10-15-8-7-12(2)11-13(3,4)5/h12,14-15H,6-11H2,1-5H3. The molecule has 0 aromatic rings. The van der Waals surface area contributed by atoms with Crippen LogP contribution in [-0.2, 0) is 0 Å². The lowest BCUT2D eigenvalue weighted by atomic mass is 9.84. The van der Waals surface area contributed by atoms with Crippen molar-refractivity contribution in [2.24, 2.45) is 11.3 Å². The van der Waals surface area contributed by atoms with Crippen LogP contribution >= 0.6 is 0 Å². The summed E-state index contributed by atoms with van der Waals surface area (Å²) in [4.78, 5) is 0. The van der Waals surface area contributed by atoms with Crippen LogP contribution in [0.5, 0.6) is 0 Å². The summed E-state index contributed by atoms with van der Waals surface area (Å²) >= 11 is 0. The fraction of sp³-hybridized carbons (Fsp3) is 1.00. The zero-order chi connectivity index (χ0) is 11.7. The number of hydrogen-bond donors (Lipinski definition) is 2. The Balaban J connectivity index is 3.28. The van der Waals surface area contributed by atoms with Crippen molar-refractivity contribution in [1.29, 1.82) is 0 Å². The first-order chi connectivity index (χ1) is 6.95. The number of nitrogens with one attached hydrogen (secondary N) is 2. The number of likely N-dealkylation sites (N-methyl/N-ethyl adjacent to an activating group) is 1. The number of rotatable bonds is 8. The quantitative estimate of drug-likeness (QED) is 0.607. The molecule has 0 aliphatic rings. The van der Waals surface area contributed by atoms with Crippen molar-refractivity contribution in [3.63, 3.8) is 0 Å². The van der Waals surface area contributed by atoms with Crippen LogP contribution in [0.3, 0.4) is 0 Å². The van der Waals surface area contributed by atoms with Gasteiger partial charge in [0, 0.05) is 13.1 Å². The summed E-state index contributed by atoms with van der Waals surface area (Å²) < 4.78 is 0. The Morgan fingerprint density at radius 2 is 1.60 bits per heavy atom. The first kappa shape index (κ1) is 14.9. The highest BCUT2D eigenvalue weighted by Crippen LogP contribution is 2.25. The topological polar surface area (TPSA) is 24.1 Å². The second-order valence-electron chi connectivity index (χ2n) is 5.76. The molecule has 0 aromatic carbocycles. The zero-order valence-electron chi connectivity index (χ0n) is 11.3. The van der Waals surface area contributed by atoms with Crippen molar-refractivity contribution < 1.29 is 0 Å². The molecular formula is C13H30N2. The number of hydrogen-bond acceptors (Lipinski definition) is 2. The second kappa shape index (κ2) is 8.12. The lowest BCUT2D eigenvalue weighted by Gasteiger charge is -2.23. The predicted molar refractivity (Wildman–Crippen MR) is 69.3 cm³/mol. The van der Waals surface area contributed by atoms with Gasteiger partial charge in [-0.15, -0.1) is 0 Å². The third-order valence-electron chi connectivity index (χ3n) is 2.50. The monoisotopic (exact) mass is 214 g/mol. The van der Waals surface area contributed by atoms with E-state index < -0.39 is 0 Å². The molecule has 1 unspecified atom stereocenters. The van der Waals surface area contributed by atoms with E-state index in [1.54, 1.807) is 0 Å². The maximum absolute atomic E-state index is 3.47. The average Bonchev–Trinajstić information content (AvgIpc) is 2.08. The first-order valence-electron chi connectivity index (χ1n) is 6.37. The Bertz CT molecular complexity index is 138. The summed E-state index contributed by atoms with van der Waals surface area (Å²) in [6.07, 6.45) is 2.62. The van der Waals surface area contributed by atoms with E-state index in [0.29, 0.717) is 5.41 Å². The normalized spacial score (nSPS) is 14.2. The van der Waals surface area contributed by atoms with Gasteiger partial charge in [0.05, 0.1) is 0 Å². The molecule has 0 aliphatic heterocycles.